The van der Waals surface area contributed by atoms with E-state index in [-0.39, 0.29) is 5.91 Å². The van der Waals surface area contributed by atoms with Gasteiger partial charge in [0.05, 0.1) is 19.4 Å². The predicted molar refractivity (Wildman–Crippen MR) is 82.9 cm³/mol. The summed E-state index contributed by atoms with van der Waals surface area (Å²) in [5.41, 5.74) is 0. The van der Waals surface area contributed by atoms with Crippen molar-refractivity contribution in [3.05, 3.63) is 24.2 Å². The quantitative estimate of drug-likeness (QED) is 0.764. The molecule has 5 nitrogen and oxygen atoms in total. The van der Waals surface area contributed by atoms with Crippen LogP contribution in [0.4, 0.5) is 0 Å². The van der Waals surface area contributed by atoms with E-state index in [2.05, 4.69) is 22.5 Å². The van der Waals surface area contributed by atoms with Gasteiger partial charge in [0.25, 0.3) is 0 Å². The molecule has 0 aliphatic carbocycles. The van der Waals surface area contributed by atoms with Crippen molar-refractivity contribution in [3.8, 4) is 0 Å². The Labute approximate surface area is 127 Å². The van der Waals surface area contributed by atoms with Crippen molar-refractivity contribution in [2.45, 2.75) is 32.7 Å². The number of furan rings is 1. The van der Waals surface area contributed by atoms with Gasteiger partial charge < -0.3 is 15.1 Å². The van der Waals surface area contributed by atoms with Gasteiger partial charge in [0.1, 0.15) is 5.76 Å². The van der Waals surface area contributed by atoms with E-state index in [4.69, 9.17) is 4.42 Å². The number of carbonyl (C=O) groups excluding carboxylic acids is 1. The summed E-state index contributed by atoms with van der Waals surface area (Å²) < 4.78 is 5.22. The van der Waals surface area contributed by atoms with E-state index < -0.39 is 0 Å². The van der Waals surface area contributed by atoms with Crippen molar-refractivity contribution in [1.29, 1.82) is 0 Å². The summed E-state index contributed by atoms with van der Waals surface area (Å²) in [6.07, 6.45) is 5.14. The number of amides is 1. The van der Waals surface area contributed by atoms with Crippen LogP contribution in [0.25, 0.3) is 0 Å². The largest absolute Gasteiger partial charge is 0.467 e. The van der Waals surface area contributed by atoms with Gasteiger partial charge in [-0.15, -0.1) is 0 Å². The minimum Gasteiger partial charge on any atom is -0.467 e. The zero-order chi connectivity index (χ0) is 14.9. The first kappa shape index (κ1) is 16.0. The summed E-state index contributed by atoms with van der Waals surface area (Å²) in [5, 5.41) is 6.31. The lowest BCUT2D eigenvalue weighted by Crippen LogP contribution is -2.41. The fourth-order valence-corrected chi connectivity index (χ4v) is 2.84. The van der Waals surface area contributed by atoms with E-state index in [1.807, 2.05) is 12.1 Å². The molecule has 1 aliphatic heterocycles. The maximum Gasteiger partial charge on any atom is 0.234 e. The highest BCUT2D eigenvalue weighted by atomic mass is 16.3. The van der Waals surface area contributed by atoms with E-state index in [1.165, 1.54) is 12.8 Å². The van der Waals surface area contributed by atoms with Gasteiger partial charge in [-0.25, -0.2) is 0 Å². The van der Waals surface area contributed by atoms with Crippen molar-refractivity contribution in [2.75, 3.05) is 32.7 Å². The molecule has 1 aromatic heterocycles. The highest BCUT2D eigenvalue weighted by Gasteiger charge is 2.18. The predicted octanol–water partition coefficient (Wildman–Crippen LogP) is 1.61. The summed E-state index contributed by atoms with van der Waals surface area (Å²) in [6, 6.07) is 3.71. The van der Waals surface area contributed by atoms with Crippen molar-refractivity contribution in [2.24, 2.45) is 5.92 Å². The van der Waals surface area contributed by atoms with E-state index in [9.17, 15) is 4.79 Å². The summed E-state index contributed by atoms with van der Waals surface area (Å²) in [5.74, 6) is 1.59. The van der Waals surface area contributed by atoms with Crippen LogP contribution in [0.5, 0.6) is 0 Å². The van der Waals surface area contributed by atoms with Gasteiger partial charge in [-0.2, -0.15) is 0 Å². The van der Waals surface area contributed by atoms with E-state index in [0.29, 0.717) is 13.1 Å². The topological polar surface area (TPSA) is 57.5 Å². The third-order valence-corrected chi connectivity index (χ3v) is 3.92. The minimum absolute atomic E-state index is 0.0776. The van der Waals surface area contributed by atoms with Crippen molar-refractivity contribution in [3.63, 3.8) is 0 Å². The second-order valence-electron chi connectivity index (χ2n) is 5.78. The first-order valence-electron chi connectivity index (χ1n) is 8.00. The molecule has 0 saturated carbocycles. The molecule has 2 heterocycles. The Morgan fingerprint density at radius 2 is 2.29 bits per heavy atom. The average molecular weight is 293 g/mol. The molecule has 1 amide bonds. The van der Waals surface area contributed by atoms with Crippen LogP contribution in [0.2, 0.25) is 0 Å². The Bertz CT molecular complexity index is 400. The lowest BCUT2D eigenvalue weighted by atomic mass is 9.97. The molecule has 0 aromatic carbocycles. The third kappa shape index (κ3) is 5.89. The Kier molecular flexibility index (Phi) is 6.76. The molecule has 1 fully saturated rings. The number of carbonyl (C=O) groups is 1. The first-order valence-corrected chi connectivity index (χ1v) is 8.00. The van der Waals surface area contributed by atoms with Gasteiger partial charge in [-0.1, -0.05) is 6.92 Å². The lowest BCUT2D eigenvalue weighted by Gasteiger charge is -2.29. The van der Waals surface area contributed by atoms with Crippen LogP contribution in [0.15, 0.2) is 22.8 Å². The smallest absolute Gasteiger partial charge is 0.234 e. The molecular formula is C16H27N3O2. The number of nitrogens with one attached hydrogen (secondary N) is 2. The average Bonchev–Trinajstić information content (AvgIpc) is 3.00. The van der Waals surface area contributed by atoms with Crippen LogP contribution in [0.3, 0.4) is 0 Å². The Morgan fingerprint density at radius 3 is 2.95 bits per heavy atom. The molecule has 0 unspecified atom stereocenters. The van der Waals surface area contributed by atoms with Crippen LogP contribution in [-0.2, 0) is 11.3 Å². The van der Waals surface area contributed by atoms with Gasteiger partial charge in [-0.3, -0.25) is 9.69 Å². The molecule has 2 N–H and O–H groups in total. The van der Waals surface area contributed by atoms with Crippen LogP contribution in [0.1, 0.15) is 31.9 Å². The number of piperidine rings is 1. The molecule has 0 atom stereocenters. The Balaban J connectivity index is 1.73. The van der Waals surface area contributed by atoms with Gasteiger partial charge in [-0.05, 0) is 56.9 Å². The third-order valence-electron chi connectivity index (χ3n) is 3.92. The molecule has 1 aromatic rings. The molecule has 0 spiro atoms. The highest BCUT2D eigenvalue weighted by Crippen LogP contribution is 2.13. The maximum atomic E-state index is 12.1. The number of rotatable bonds is 8. The Hall–Kier alpha value is -1.33. The fraction of sp³-hybridized carbons (Fsp3) is 0.688. The highest BCUT2D eigenvalue weighted by molar-refractivity contribution is 5.77. The summed E-state index contributed by atoms with van der Waals surface area (Å²) >= 11 is 0. The second-order valence-corrected chi connectivity index (χ2v) is 5.78. The van der Waals surface area contributed by atoms with Gasteiger partial charge in [0.15, 0.2) is 0 Å². The molecule has 118 valence electrons. The van der Waals surface area contributed by atoms with Gasteiger partial charge in [0.2, 0.25) is 5.91 Å². The van der Waals surface area contributed by atoms with Crippen molar-refractivity contribution < 1.29 is 9.21 Å². The molecule has 1 saturated heterocycles. The van der Waals surface area contributed by atoms with E-state index in [1.54, 1.807) is 6.26 Å². The zero-order valence-electron chi connectivity index (χ0n) is 12.9. The Morgan fingerprint density at radius 1 is 1.48 bits per heavy atom. The molecule has 5 heteroatoms. The fourth-order valence-electron chi connectivity index (χ4n) is 2.84. The summed E-state index contributed by atoms with van der Waals surface area (Å²) in [6.45, 7) is 7.35. The van der Waals surface area contributed by atoms with Crippen LogP contribution in [-0.4, -0.2) is 43.5 Å². The summed E-state index contributed by atoms with van der Waals surface area (Å²) in [7, 11) is 0. The van der Waals surface area contributed by atoms with Crippen molar-refractivity contribution in [1.82, 2.24) is 15.5 Å². The molecular weight excluding hydrogens is 266 g/mol. The maximum absolute atomic E-state index is 12.1. The normalized spacial score (nSPS) is 16.3. The number of hydrogen-bond donors (Lipinski definition) is 2. The molecule has 0 radical (unpaired) electrons. The molecule has 0 bridgehead atoms. The number of nitrogens with zero attached hydrogens (tertiary/aromatic N) is 1. The zero-order valence-corrected chi connectivity index (χ0v) is 12.9. The lowest BCUT2D eigenvalue weighted by molar-refractivity contribution is -0.122. The SMILES string of the molecule is CCCN(CC(=O)NCc1ccco1)CC1CCNCC1. The molecule has 1 aliphatic rings. The monoisotopic (exact) mass is 293 g/mol. The van der Waals surface area contributed by atoms with Crippen LogP contribution >= 0.6 is 0 Å². The van der Waals surface area contributed by atoms with Gasteiger partial charge in [0, 0.05) is 6.54 Å². The number of hydrogen-bond acceptors (Lipinski definition) is 4. The molecule has 2 rings (SSSR count). The standard InChI is InChI=1S/C16H27N3O2/c1-2-9-19(12-14-5-7-17-8-6-14)13-16(20)18-11-15-4-3-10-21-15/h3-4,10,14,17H,2,5-9,11-13H2,1H3,(H,18,20). The summed E-state index contributed by atoms with van der Waals surface area (Å²) in [4.78, 5) is 14.3. The van der Waals surface area contributed by atoms with Crippen molar-refractivity contribution >= 4 is 5.91 Å². The minimum atomic E-state index is 0.0776. The van der Waals surface area contributed by atoms with Crippen LogP contribution in [0, 0.1) is 5.92 Å². The van der Waals surface area contributed by atoms with Crippen LogP contribution < -0.4 is 10.6 Å². The van der Waals surface area contributed by atoms with E-state index in [0.717, 1.165) is 44.3 Å². The van der Waals surface area contributed by atoms with Gasteiger partial charge >= 0.3 is 0 Å². The molecule has 21 heavy (non-hydrogen) atoms. The second kappa shape index (κ2) is 8.85. The van der Waals surface area contributed by atoms with E-state index >= 15 is 0 Å². The first-order chi connectivity index (χ1) is 10.3.